The average Bonchev–Trinajstić information content (AvgIpc) is 3.13. The molecule has 4 rings (SSSR count). The number of aryl methyl sites for hydroxylation is 1. The lowest BCUT2D eigenvalue weighted by Crippen LogP contribution is -2.37. The van der Waals surface area contributed by atoms with E-state index in [4.69, 9.17) is 4.74 Å². The van der Waals surface area contributed by atoms with E-state index in [1.807, 2.05) is 24.8 Å². The quantitative estimate of drug-likeness (QED) is 0.573. The summed E-state index contributed by atoms with van der Waals surface area (Å²) >= 11 is 0. The molecule has 11 heteroatoms. The second-order valence-corrected chi connectivity index (χ2v) is 6.71. The average molecular weight is 399 g/mol. The van der Waals surface area contributed by atoms with E-state index in [0.29, 0.717) is 55.7 Å². The van der Waals surface area contributed by atoms with Crippen LogP contribution >= 0.6 is 0 Å². The highest BCUT2D eigenvalue weighted by molar-refractivity contribution is 5.52. The van der Waals surface area contributed by atoms with Gasteiger partial charge in [-0.15, -0.1) is 0 Å². The number of aromatic nitrogens is 6. The minimum atomic E-state index is -0.378. The van der Waals surface area contributed by atoms with Gasteiger partial charge in [-0.3, -0.25) is 10.1 Å². The molecule has 10 nitrogen and oxygen atoms in total. The predicted molar refractivity (Wildman–Crippen MR) is 106 cm³/mol. The predicted octanol–water partition coefficient (Wildman–Crippen LogP) is 2.19. The van der Waals surface area contributed by atoms with Gasteiger partial charge in [0.2, 0.25) is 17.8 Å². The van der Waals surface area contributed by atoms with Gasteiger partial charge in [-0.05, 0) is 26.0 Å². The summed E-state index contributed by atoms with van der Waals surface area (Å²) in [6.45, 7) is 6.44. The molecule has 0 amide bonds. The summed E-state index contributed by atoms with van der Waals surface area (Å²) in [5.74, 6) is 1.53. The van der Waals surface area contributed by atoms with Gasteiger partial charge in [-0.2, -0.15) is 20.1 Å². The minimum absolute atomic E-state index is 0.226. The molecular formula is C18H22FN9O. The zero-order valence-corrected chi connectivity index (χ0v) is 16.2. The molecule has 3 aromatic rings. The van der Waals surface area contributed by atoms with Crippen molar-refractivity contribution in [2.24, 2.45) is 0 Å². The van der Waals surface area contributed by atoms with Crippen LogP contribution in [-0.4, -0.2) is 56.4 Å². The number of hydrogen-bond donors (Lipinski definition) is 3. The molecule has 1 saturated heterocycles. The highest BCUT2D eigenvalue weighted by atomic mass is 19.1. The van der Waals surface area contributed by atoms with Gasteiger partial charge in [0.1, 0.15) is 5.82 Å². The van der Waals surface area contributed by atoms with Crippen LogP contribution in [0.2, 0.25) is 0 Å². The summed E-state index contributed by atoms with van der Waals surface area (Å²) in [5, 5.41) is 13.4. The minimum Gasteiger partial charge on any atom is -0.378 e. The van der Waals surface area contributed by atoms with Gasteiger partial charge in [0, 0.05) is 24.8 Å². The van der Waals surface area contributed by atoms with Crippen molar-refractivity contribution in [1.82, 2.24) is 30.1 Å². The van der Waals surface area contributed by atoms with Crippen molar-refractivity contribution in [3.63, 3.8) is 0 Å². The SMILES string of the molecule is Cc1cc(Nc2nc(N[C@@H](C)c3ccc(F)cn3)nc(N3CCOCC3)n2)n[nH]1. The summed E-state index contributed by atoms with van der Waals surface area (Å²) in [6.07, 6.45) is 1.19. The zero-order valence-electron chi connectivity index (χ0n) is 16.2. The fraction of sp³-hybridized carbons (Fsp3) is 0.389. The van der Waals surface area contributed by atoms with Gasteiger partial charge in [0.25, 0.3) is 0 Å². The number of ether oxygens (including phenoxy) is 1. The summed E-state index contributed by atoms with van der Waals surface area (Å²) in [5.41, 5.74) is 1.60. The lowest BCUT2D eigenvalue weighted by Gasteiger charge is -2.27. The van der Waals surface area contributed by atoms with Crippen LogP contribution in [0.3, 0.4) is 0 Å². The van der Waals surface area contributed by atoms with Crippen LogP contribution in [0, 0.1) is 12.7 Å². The van der Waals surface area contributed by atoms with E-state index in [1.165, 1.54) is 12.3 Å². The number of rotatable bonds is 6. The second kappa shape index (κ2) is 8.35. The molecule has 1 aliphatic heterocycles. The topological polar surface area (TPSA) is 117 Å². The van der Waals surface area contributed by atoms with Crippen molar-refractivity contribution in [3.8, 4) is 0 Å². The molecule has 29 heavy (non-hydrogen) atoms. The molecule has 0 radical (unpaired) electrons. The molecule has 152 valence electrons. The molecule has 0 spiro atoms. The van der Waals surface area contributed by atoms with E-state index in [1.54, 1.807) is 6.07 Å². The summed E-state index contributed by atoms with van der Waals surface area (Å²) in [6, 6.07) is 4.63. The van der Waals surface area contributed by atoms with Crippen LogP contribution < -0.4 is 15.5 Å². The summed E-state index contributed by atoms with van der Waals surface area (Å²) in [7, 11) is 0. The highest BCUT2D eigenvalue weighted by Gasteiger charge is 2.18. The van der Waals surface area contributed by atoms with E-state index >= 15 is 0 Å². The van der Waals surface area contributed by atoms with Crippen LogP contribution in [0.5, 0.6) is 0 Å². The summed E-state index contributed by atoms with van der Waals surface area (Å²) < 4.78 is 18.6. The largest absolute Gasteiger partial charge is 0.378 e. The van der Waals surface area contributed by atoms with Crippen molar-refractivity contribution in [2.75, 3.05) is 41.8 Å². The summed E-state index contributed by atoms with van der Waals surface area (Å²) in [4.78, 5) is 19.7. The van der Waals surface area contributed by atoms with E-state index in [2.05, 4.69) is 40.8 Å². The first-order valence-corrected chi connectivity index (χ1v) is 9.32. The Kier molecular flexibility index (Phi) is 5.47. The number of H-pyrrole nitrogens is 1. The van der Waals surface area contributed by atoms with Crippen molar-refractivity contribution >= 4 is 23.7 Å². The number of nitrogens with one attached hydrogen (secondary N) is 3. The van der Waals surface area contributed by atoms with E-state index in [-0.39, 0.29) is 11.9 Å². The molecule has 3 aromatic heterocycles. The normalized spacial score (nSPS) is 15.2. The van der Waals surface area contributed by atoms with Crippen LogP contribution in [0.15, 0.2) is 24.4 Å². The molecule has 1 atom stereocenters. The Morgan fingerprint density at radius 3 is 2.66 bits per heavy atom. The molecule has 0 saturated carbocycles. The first kappa shape index (κ1) is 19.0. The highest BCUT2D eigenvalue weighted by Crippen LogP contribution is 2.21. The molecule has 4 heterocycles. The number of aromatic amines is 1. The lowest BCUT2D eigenvalue weighted by atomic mass is 10.2. The molecule has 0 aliphatic carbocycles. The maximum absolute atomic E-state index is 13.1. The third kappa shape index (κ3) is 4.74. The lowest BCUT2D eigenvalue weighted by molar-refractivity contribution is 0.122. The standard InChI is InChI=1S/C18H22FN9O/c1-11-9-15(27-26-11)22-17-23-16(21-12(2)14-4-3-13(19)10-20-14)24-18(25-17)28-5-7-29-8-6-28/h3-4,9-10,12H,5-8H2,1-2H3,(H3,21,22,23,24,25,26,27)/t12-/m0/s1. The third-order valence-electron chi connectivity index (χ3n) is 4.40. The Balaban J connectivity index is 1.60. The smallest absolute Gasteiger partial charge is 0.235 e. The maximum atomic E-state index is 13.1. The van der Waals surface area contributed by atoms with E-state index in [0.717, 1.165) is 5.69 Å². The van der Waals surface area contributed by atoms with Crippen molar-refractivity contribution in [1.29, 1.82) is 0 Å². The van der Waals surface area contributed by atoms with Crippen molar-refractivity contribution in [2.45, 2.75) is 19.9 Å². The molecule has 1 aliphatic rings. The van der Waals surface area contributed by atoms with E-state index in [9.17, 15) is 4.39 Å². The van der Waals surface area contributed by atoms with Gasteiger partial charge >= 0.3 is 0 Å². The monoisotopic (exact) mass is 399 g/mol. The van der Waals surface area contributed by atoms with E-state index < -0.39 is 0 Å². The number of anilines is 4. The molecule has 0 unspecified atom stereocenters. The Morgan fingerprint density at radius 2 is 1.97 bits per heavy atom. The molecule has 0 aromatic carbocycles. The van der Waals surface area contributed by atoms with Gasteiger partial charge in [0.05, 0.1) is 31.1 Å². The van der Waals surface area contributed by atoms with Crippen molar-refractivity contribution in [3.05, 3.63) is 41.6 Å². The molecular weight excluding hydrogens is 377 g/mol. The Labute approximate surface area is 167 Å². The first-order chi connectivity index (χ1) is 14.1. The molecule has 3 N–H and O–H groups in total. The molecule has 1 fully saturated rings. The van der Waals surface area contributed by atoms with Crippen LogP contribution in [0.1, 0.15) is 24.4 Å². The van der Waals surface area contributed by atoms with Gasteiger partial charge in [-0.25, -0.2) is 4.39 Å². The first-order valence-electron chi connectivity index (χ1n) is 9.32. The van der Waals surface area contributed by atoms with Crippen molar-refractivity contribution < 1.29 is 9.13 Å². The second-order valence-electron chi connectivity index (χ2n) is 6.71. The number of pyridine rings is 1. The number of nitrogens with zero attached hydrogens (tertiary/aromatic N) is 6. The zero-order chi connectivity index (χ0) is 20.2. The number of hydrogen-bond acceptors (Lipinski definition) is 9. The Hall–Kier alpha value is -3.34. The number of morpholine rings is 1. The van der Waals surface area contributed by atoms with Gasteiger partial charge in [0.15, 0.2) is 5.82 Å². The number of halogens is 1. The van der Waals surface area contributed by atoms with Gasteiger partial charge < -0.3 is 20.3 Å². The van der Waals surface area contributed by atoms with Gasteiger partial charge in [-0.1, -0.05) is 0 Å². The van der Waals surface area contributed by atoms with Crippen LogP contribution in [0.25, 0.3) is 0 Å². The Morgan fingerprint density at radius 1 is 1.17 bits per heavy atom. The third-order valence-corrected chi connectivity index (χ3v) is 4.40. The Bertz CT molecular complexity index is 956. The molecule has 0 bridgehead atoms. The fourth-order valence-corrected chi connectivity index (χ4v) is 2.90. The van der Waals surface area contributed by atoms with Crippen LogP contribution in [-0.2, 0) is 4.74 Å². The fourth-order valence-electron chi connectivity index (χ4n) is 2.90. The van der Waals surface area contributed by atoms with Crippen LogP contribution in [0.4, 0.5) is 28.1 Å². The maximum Gasteiger partial charge on any atom is 0.235 e.